The second-order valence-electron chi connectivity index (χ2n) is 3.68. The highest BCUT2D eigenvalue weighted by Gasteiger charge is 2.56. The molecule has 2 aliphatic rings. The minimum Gasteiger partial charge on any atom is -0.356 e. The second-order valence-corrected chi connectivity index (χ2v) is 3.68. The van der Waals surface area contributed by atoms with Crippen molar-refractivity contribution in [1.82, 2.24) is 5.32 Å². The van der Waals surface area contributed by atoms with Crippen LogP contribution in [0.5, 0.6) is 0 Å². The molecule has 62 valence electrons. The Bertz CT molecular complexity index is 168. The van der Waals surface area contributed by atoms with Gasteiger partial charge in [-0.1, -0.05) is 6.42 Å². The Morgan fingerprint density at radius 1 is 1.45 bits per heavy atom. The number of nitrogens with one attached hydrogen (secondary N) is 1. The van der Waals surface area contributed by atoms with Crippen LogP contribution in [0.2, 0.25) is 0 Å². The fourth-order valence-electron chi connectivity index (χ4n) is 2.50. The van der Waals surface area contributed by atoms with Gasteiger partial charge in [0.15, 0.2) is 0 Å². The number of amides is 1. The maximum atomic E-state index is 11.3. The summed E-state index contributed by atoms with van der Waals surface area (Å²) >= 11 is 0. The molecule has 2 unspecified atom stereocenters. The molecule has 2 nitrogen and oxygen atoms in total. The van der Waals surface area contributed by atoms with Gasteiger partial charge in [-0.2, -0.15) is 0 Å². The van der Waals surface area contributed by atoms with Gasteiger partial charge in [-0.15, -0.1) is 0 Å². The summed E-state index contributed by atoms with van der Waals surface area (Å²) in [4.78, 5) is 11.3. The molecule has 2 fully saturated rings. The van der Waals surface area contributed by atoms with Gasteiger partial charge in [0, 0.05) is 12.5 Å². The predicted octanol–water partition coefficient (Wildman–Crippen LogP) is 1.17. The first kappa shape index (κ1) is 7.14. The Balaban J connectivity index is 1.85. The van der Waals surface area contributed by atoms with Crippen molar-refractivity contribution in [1.29, 1.82) is 0 Å². The zero-order chi connectivity index (χ0) is 7.84. The lowest BCUT2D eigenvalue weighted by Crippen LogP contribution is -2.25. The van der Waals surface area contributed by atoms with Gasteiger partial charge in [0.25, 0.3) is 0 Å². The van der Waals surface area contributed by atoms with Gasteiger partial charge >= 0.3 is 0 Å². The Morgan fingerprint density at radius 2 is 2.09 bits per heavy atom. The maximum absolute atomic E-state index is 11.3. The molecular formula is C9H15NO. The number of carbonyl (C=O) groups excluding carboxylic acids is 1. The normalized spacial score (nSPS) is 39.9. The molecular weight excluding hydrogens is 138 g/mol. The Kier molecular flexibility index (Phi) is 1.63. The molecule has 0 aliphatic heterocycles. The molecule has 0 radical (unpaired) electrons. The van der Waals surface area contributed by atoms with Crippen LogP contribution in [0.15, 0.2) is 0 Å². The molecule has 0 spiro atoms. The summed E-state index contributed by atoms with van der Waals surface area (Å²) in [6.45, 7) is 2.77. The standard InChI is InChI=1S/C9H15NO/c1-2-10-9(11)8-6-4-3-5-7(6)8/h6-8H,2-5H2,1H3,(H,10,11). The van der Waals surface area contributed by atoms with Crippen LogP contribution in [0.25, 0.3) is 0 Å². The van der Waals surface area contributed by atoms with Crippen molar-refractivity contribution < 1.29 is 4.79 Å². The molecule has 2 saturated carbocycles. The molecule has 0 bridgehead atoms. The first-order valence-corrected chi connectivity index (χ1v) is 4.62. The summed E-state index contributed by atoms with van der Waals surface area (Å²) in [5, 5.41) is 2.90. The van der Waals surface area contributed by atoms with E-state index in [1.807, 2.05) is 6.92 Å². The van der Waals surface area contributed by atoms with Crippen LogP contribution < -0.4 is 5.32 Å². The van der Waals surface area contributed by atoms with Crippen LogP contribution in [0.1, 0.15) is 26.2 Å². The van der Waals surface area contributed by atoms with Crippen LogP contribution in [0.3, 0.4) is 0 Å². The molecule has 2 heteroatoms. The number of hydrogen-bond acceptors (Lipinski definition) is 1. The average Bonchev–Trinajstić information content (AvgIpc) is 2.47. The van der Waals surface area contributed by atoms with Crippen molar-refractivity contribution in [3.63, 3.8) is 0 Å². The Labute approximate surface area is 67.4 Å². The van der Waals surface area contributed by atoms with Crippen molar-refractivity contribution in [3.8, 4) is 0 Å². The second kappa shape index (κ2) is 2.50. The van der Waals surface area contributed by atoms with E-state index < -0.39 is 0 Å². The zero-order valence-corrected chi connectivity index (χ0v) is 6.97. The van der Waals surface area contributed by atoms with E-state index in [1.165, 1.54) is 19.3 Å². The van der Waals surface area contributed by atoms with E-state index in [4.69, 9.17) is 0 Å². The SMILES string of the molecule is CCNC(=O)C1C2CCCC21. The van der Waals surface area contributed by atoms with Gasteiger partial charge in [-0.25, -0.2) is 0 Å². The molecule has 1 amide bonds. The molecule has 0 aromatic carbocycles. The third kappa shape index (κ3) is 1.05. The molecule has 0 saturated heterocycles. The van der Waals surface area contributed by atoms with Gasteiger partial charge in [-0.3, -0.25) is 4.79 Å². The average molecular weight is 153 g/mol. The van der Waals surface area contributed by atoms with E-state index in [9.17, 15) is 4.79 Å². The first-order valence-electron chi connectivity index (χ1n) is 4.62. The lowest BCUT2D eigenvalue weighted by molar-refractivity contribution is -0.122. The number of fused-ring (bicyclic) bond motifs is 1. The largest absolute Gasteiger partial charge is 0.356 e. The molecule has 0 heterocycles. The highest BCUT2D eigenvalue weighted by Crippen LogP contribution is 2.57. The van der Waals surface area contributed by atoms with Crippen LogP contribution >= 0.6 is 0 Å². The lowest BCUT2D eigenvalue weighted by atomic mass is 10.1. The quantitative estimate of drug-likeness (QED) is 0.634. The zero-order valence-electron chi connectivity index (χ0n) is 6.97. The molecule has 2 aliphatic carbocycles. The Hall–Kier alpha value is -0.530. The fraction of sp³-hybridized carbons (Fsp3) is 0.889. The van der Waals surface area contributed by atoms with Crippen LogP contribution in [0.4, 0.5) is 0 Å². The number of carbonyl (C=O) groups is 1. The van der Waals surface area contributed by atoms with Crippen molar-refractivity contribution >= 4 is 5.91 Å². The highest BCUT2D eigenvalue weighted by atomic mass is 16.2. The Morgan fingerprint density at radius 3 is 2.64 bits per heavy atom. The van der Waals surface area contributed by atoms with Crippen LogP contribution in [0, 0.1) is 17.8 Å². The fourth-order valence-corrected chi connectivity index (χ4v) is 2.50. The van der Waals surface area contributed by atoms with Gasteiger partial charge < -0.3 is 5.32 Å². The number of rotatable bonds is 2. The van der Waals surface area contributed by atoms with Crippen LogP contribution in [-0.2, 0) is 4.79 Å². The van der Waals surface area contributed by atoms with Gasteiger partial charge in [0.2, 0.25) is 5.91 Å². The van der Waals surface area contributed by atoms with Gasteiger partial charge in [0.05, 0.1) is 0 Å². The minimum atomic E-state index is 0.308. The predicted molar refractivity (Wildman–Crippen MR) is 43.0 cm³/mol. The molecule has 2 atom stereocenters. The summed E-state index contributed by atoms with van der Waals surface area (Å²) in [5.74, 6) is 2.24. The number of hydrogen-bond donors (Lipinski definition) is 1. The third-order valence-electron chi connectivity index (χ3n) is 3.06. The lowest BCUT2D eigenvalue weighted by Gasteiger charge is -2.02. The third-order valence-corrected chi connectivity index (χ3v) is 3.06. The summed E-state index contributed by atoms with van der Waals surface area (Å²) in [7, 11) is 0. The van der Waals surface area contributed by atoms with Gasteiger partial charge in [0.1, 0.15) is 0 Å². The van der Waals surface area contributed by atoms with E-state index in [0.717, 1.165) is 18.4 Å². The maximum Gasteiger partial charge on any atom is 0.223 e. The van der Waals surface area contributed by atoms with E-state index in [0.29, 0.717) is 11.8 Å². The minimum absolute atomic E-state index is 0.308. The monoisotopic (exact) mass is 153 g/mol. The van der Waals surface area contributed by atoms with Crippen molar-refractivity contribution in [2.24, 2.45) is 17.8 Å². The summed E-state index contributed by atoms with van der Waals surface area (Å²) < 4.78 is 0. The smallest absolute Gasteiger partial charge is 0.223 e. The van der Waals surface area contributed by atoms with Crippen molar-refractivity contribution in [2.75, 3.05) is 6.54 Å². The van der Waals surface area contributed by atoms with Gasteiger partial charge in [-0.05, 0) is 31.6 Å². The summed E-state index contributed by atoms with van der Waals surface area (Å²) in [5.41, 5.74) is 0. The van der Waals surface area contributed by atoms with Crippen molar-refractivity contribution in [3.05, 3.63) is 0 Å². The van der Waals surface area contributed by atoms with Crippen molar-refractivity contribution in [2.45, 2.75) is 26.2 Å². The molecule has 2 rings (SSSR count). The molecule has 11 heavy (non-hydrogen) atoms. The molecule has 0 aromatic heterocycles. The molecule has 1 N–H and O–H groups in total. The topological polar surface area (TPSA) is 29.1 Å². The van der Waals surface area contributed by atoms with E-state index >= 15 is 0 Å². The summed E-state index contributed by atoms with van der Waals surface area (Å²) in [6.07, 6.45) is 3.95. The van der Waals surface area contributed by atoms with E-state index in [1.54, 1.807) is 0 Å². The highest BCUT2D eigenvalue weighted by molar-refractivity contribution is 5.82. The summed E-state index contributed by atoms with van der Waals surface area (Å²) in [6, 6.07) is 0. The molecule has 0 aromatic rings. The van der Waals surface area contributed by atoms with E-state index in [-0.39, 0.29) is 0 Å². The van der Waals surface area contributed by atoms with Crippen LogP contribution in [-0.4, -0.2) is 12.5 Å². The van der Waals surface area contributed by atoms with E-state index in [2.05, 4.69) is 5.32 Å². The first-order chi connectivity index (χ1) is 5.34.